The Balaban J connectivity index is 1.41. The fourth-order valence-corrected chi connectivity index (χ4v) is 5.50. The van der Waals surface area contributed by atoms with Crippen molar-refractivity contribution in [3.05, 3.63) is 59.7 Å². The van der Waals surface area contributed by atoms with E-state index in [4.69, 9.17) is 5.26 Å². The van der Waals surface area contributed by atoms with Gasteiger partial charge in [-0.1, -0.05) is 36.4 Å². The molecule has 2 amide bonds. The molecule has 0 unspecified atom stereocenters. The molecule has 3 aliphatic rings. The Morgan fingerprint density at radius 3 is 2.13 bits per heavy atom. The summed E-state index contributed by atoms with van der Waals surface area (Å²) in [5, 5.41) is 19.0. The highest BCUT2D eigenvalue weighted by atomic mass is 16.3. The van der Waals surface area contributed by atoms with E-state index in [2.05, 4.69) is 18.2 Å². The molecule has 6 nitrogen and oxygen atoms in total. The lowest BCUT2D eigenvalue weighted by molar-refractivity contribution is -0.202. The Morgan fingerprint density at radius 2 is 1.65 bits per heavy atom. The summed E-state index contributed by atoms with van der Waals surface area (Å²) in [6.07, 6.45) is 1.94. The third kappa shape index (κ3) is 3.03. The molecule has 1 spiro atoms. The van der Waals surface area contributed by atoms with Crippen LogP contribution in [0.1, 0.15) is 36.8 Å². The second-order valence-corrected chi connectivity index (χ2v) is 9.00. The summed E-state index contributed by atoms with van der Waals surface area (Å²) in [5.74, 6) is 0.321. The first-order chi connectivity index (χ1) is 15.0. The van der Waals surface area contributed by atoms with Crippen LogP contribution in [0, 0.1) is 17.2 Å². The number of hydrogen-bond acceptors (Lipinski definition) is 4. The Labute approximate surface area is 181 Å². The van der Waals surface area contributed by atoms with Crippen LogP contribution in [0.2, 0.25) is 0 Å². The monoisotopic (exact) mass is 415 g/mol. The van der Waals surface area contributed by atoms with Gasteiger partial charge in [0, 0.05) is 31.8 Å². The van der Waals surface area contributed by atoms with Crippen molar-refractivity contribution in [3.63, 3.8) is 0 Å². The highest BCUT2D eigenvalue weighted by Crippen LogP contribution is 2.54. The molecular weight excluding hydrogens is 390 g/mol. The van der Waals surface area contributed by atoms with Crippen molar-refractivity contribution in [1.82, 2.24) is 9.80 Å². The van der Waals surface area contributed by atoms with Crippen molar-refractivity contribution < 1.29 is 14.7 Å². The van der Waals surface area contributed by atoms with Crippen LogP contribution in [0.3, 0.4) is 0 Å². The van der Waals surface area contributed by atoms with Crippen molar-refractivity contribution in [3.8, 4) is 17.2 Å². The van der Waals surface area contributed by atoms with Crippen LogP contribution in [0.5, 0.6) is 0 Å². The SMILES string of the molecule is CC(=O)N1[C@H](CO)[C@@H](c2ccc(-c3ccc(C#N)cc3)cc2)C12CN(C(=O)C1CC1)C2. The van der Waals surface area contributed by atoms with Crippen molar-refractivity contribution in [2.24, 2.45) is 5.92 Å². The number of likely N-dealkylation sites (tertiary alicyclic amines) is 2. The topological polar surface area (TPSA) is 84.6 Å². The Kier molecular flexibility index (Phi) is 4.60. The lowest BCUT2D eigenvalue weighted by Gasteiger charge is -2.70. The van der Waals surface area contributed by atoms with E-state index in [0.29, 0.717) is 18.7 Å². The maximum absolute atomic E-state index is 12.5. The average Bonchev–Trinajstić information content (AvgIpc) is 3.58. The van der Waals surface area contributed by atoms with Gasteiger partial charge in [0.15, 0.2) is 0 Å². The first kappa shape index (κ1) is 19.8. The highest BCUT2D eigenvalue weighted by molar-refractivity contribution is 5.84. The summed E-state index contributed by atoms with van der Waals surface area (Å²) in [6, 6.07) is 17.5. The molecule has 0 aromatic heterocycles. The molecule has 158 valence electrons. The molecule has 2 saturated heterocycles. The standard InChI is InChI=1S/C25H25N3O3/c1-16(30)28-22(13-29)23(25(28)14-27(15-25)24(31)21-10-11-21)20-8-6-19(7-9-20)18-4-2-17(12-26)3-5-18/h2-9,21-23,29H,10-11,13-15H2,1H3/t22-,23-/m1/s1. The molecular formula is C25H25N3O3. The summed E-state index contributed by atoms with van der Waals surface area (Å²) < 4.78 is 0. The maximum atomic E-state index is 12.5. The highest BCUT2D eigenvalue weighted by Gasteiger charge is 2.67. The quantitative estimate of drug-likeness (QED) is 0.832. The Morgan fingerprint density at radius 1 is 1.06 bits per heavy atom. The normalized spacial score (nSPS) is 23.6. The van der Waals surface area contributed by atoms with Gasteiger partial charge in [-0.15, -0.1) is 0 Å². The summed E-state index contributed by atoms with van der Waals surface area (Å²) in [6.45, 7) is 2.53. The zero-order valence-electron chi connectivity index (χ0n) is 17.5. The number of amides is 2. The van der Waals surface area contributed by atoms with Crippen molar-refractivity contribution >= 4 is 11.8 Å². The summed E-state index contributed by atoms with van der Waals surface area (Å²) >= 11 is 0. The lowest BCUT2D eigenvalue weighted by Crippen LogP contribution is -2.85. The van der Waals surface area contributed by atoms with E-state index in [1.54, 1.807) is 24.0 Å². The number of carbonyl (C=O) groups is 2. The molecule has 6 heteroatoms. The molecule has 2 heterocycles. The van der Waals surface area contributed by atoms with Gasteiger partial charge in [0.2, 0.25) is 11.8 Å². The van der Waals surface area contributed by atoms with Crippen LogP contribution >= 0.6 is 0 Å². The van der Waals surface area contributed by atoms with E-state index in [9.17, 15) is 14.7 Å². The minimum atomic E-state index is -0.417. The molecule has 0 radical (unpaired) electrons. The van der Waals surface area contributed by atoms with E-state index in [1.807, 2.05) is 29.2 Å². The van der Waals surface area contributed by atoms with Gasteiger partial charge in [-0.05, 0) is 41.7 Å². The fraction of sp³-hybridized carbons (Fsp3) is 0.400. The molecule has 1 aliphatic carbocycles. The summed E-state index contributed by atoms with van der Waals surface area (Å²) in [7, 11) is 0. The van der Waals surface area contributed by atoms with Crippen LogP contribution in [0.4, 0.5) is 0 Å². The molecule has 2 aromatic carbocycles. The van der Waals surface area contributed by atoms with Gasteiger partial charge in [-0.3, -0.25) is 9.59 Å². The predicted molar refractivity (Wildman–Crippen MR) is 115 cm³/mol. The summed E-state index contributed by atoms with van der Waals surface area (Å²) in [5.41, 5.74) is 3.36. The van der Waals surface area contributed by atoms with Gasteiger partial charge in [0.25, 0.3) is 0 Å². The molecule has 31 heavy (non-hydrogen) atoms. The van der Waals surface area contributed by atoms with Gasteiger partial charge in [-0.2, -0.15) is 5.26 Å². The van der Waals surface area contributed by atoms with Crippen LogP contribution in [0.25, 0.3) is 11.1 Å². The zero-order valence-corrected chi connectivity index (χ0v) is 17.5. The van der Waals surface area contributed by atoms with Gasteiger partial charge in [-0.25, -0.2) is 0 Å². The van der Waals surface area contributed by atoms with E-state index < -0.39 is 5.54 Å². The smallest absolute Gasteiger partial charge is 0.225 e. The number of aliphatic hydroxyl groups excluding tert-OH is 1. The molecule has 3 fully saturated rings. The second kappa shape index (κ2) is 7.21. The van der Waals surface area contributed by atoms with Gasteiger partial charge < -0.3 is 14.9 Å². The molecule has 1 saturated carbocycles. The van der Waals surface area contributed by atoms with Crippen LogP contribution < -0.4 is 0 Å². The third-order valence-electron chi connectivity index (χ3n) is 7.09. The fourth-order valence-electron chi connectivity index (χ4n) is 5.50. The van der Waals surface area contributed by atoms with E-state index in [1.165, 1.54) is 0 Å². The first-order valence-electron chi connectivity index (χ1n) is 10.8. The van der Waals surface area contributed by atoms with Crippen molar-refractivity contribution in [1.29, 1.82) is 5.26 Å². The molecule has 2 aliphatic heterocycles. The Bertz CT molecular complexity index is 1060. The maximum Gasteiger partial charge on any atom is 0.225 e. The minimum absolute atomic E-state index is 0.000307. The van der Waals surface area contributed by atoms with Crippen molar-refractivity contribution in [2.75, 3.05) is 19.7 Å². The van der Waals surface area contributed by atoms with Crippen LogP contribution in [0.15, 0.2) is 48.5 Å². The van der Waals surface area contributed by atoms with Crippen molar-refractivity contribution in [2.45, 2.75) is 37.3 Å². The summed E-state index contributed by atoms with van der Waals surface area (Å²) in [4.78, 5) is 28.5. The molecule has 1 N–H and O–H groups in total. The number of nitriles is 1. The largest absolute Gasteiger partial charge is 0.394 e. The number of rotatable bonds is 4. The van der Waals surface area contributed by atoms with E-state index in [-0.39, 0.29) is 36.3 Å². The Hall–Kier alpha value is -3.17. The van der Waals surface area contributed by atoms with E-state index in [0.717, 1.165) is 29.5 Å². The number of nitrogens with zero attached hydrogens (tertiary/aromatic N) is 3. The predicted octanol–water partition coefficient (Wildman–Crippen LogP) is 2.52. The molecule has 5 rings (SSSR count). The third-order valence-corrected chi connectivity index (χ3v) is 7.09. The second-order valence-electron chi connectivity index (χ2n) is 9.00. The van der Waals surface area contributed by atoms with E-state index >= 15 is 0 Å². The average molecular weight is 415 g/mol. The van der Waals surface area contributed by atoms with Gasteiger partial charge in [0.05, 0.1) is 29.8 Å². The number of benzene rings is 2. The number of aliphatic hydroxyl groups is 1. The lowest BCUT2D eigenvalue weighted by atomic mass is 9.60. The molecule has 2 aromatic rings. The van der Waals surface area contributed by atoms with Crippen LogP contribution in [-0.2, 0) is 9.59 Å². The van der Waals surface area contributed by atoms with Crippen LogP contribution in [-0.4, -0.2) is 58.0 Å². The first-order valence-corrected chi connectivity index (χ1v) is 10.8. The zero-order chi connectivity index (χ0) is 21.8. The number of hydrogen-bond donors (Lipinski definition) is 1. The molecule has 0 bridgehead atoms. The van der Waals surface area contributed by atoms with Gasteiger partial charge in [0.1, 0.15) is 0 Å². The molecule has 2 atom stereocenters. The van der Waals surface area contributed by atoms with Gasteiger partial charge >= 0.3 is 0 Å². The minimum Gasteiger partial charge on any atom is -0.394 e. The number of carbonyl (C=O) groups excluding carboxylic acids is 2.